The summed E-state index contributed by atoms with van der Waals surface area (Å²) in [6.07, 6.45) is 8.16. The third-order valence-corrected chi connectivity index (χ3v) is 4.73. The van der Waals surface area contributed by atoms with Gasteiger partial charge in [0.25, 0.3) is 0 Å². The maximum Gasteiger partial charge on any atom is 0.0492 e. The largest absolute Gasteiger partial charge is 0.314 e. The van der Waals surface area contributed by atoms with E-state index in [1.807, 2.05) is 17.9 Å². The highest BCUT2D eigenvalue weighted by atomic mass is 15.3. The average Bonchev–Trinajstić information content (AvgIpc) is 2.94. The number of hydrogen-bond donors (Lipinski definition) is 1. The summed E-state index contributed by atoms with van der Waals surface area (Å²) in [5, 5.41) is 7.93. The van der Waals surface area contributed by atoms with Gasteiger partial charge in [-0.05, 0) is 43.2 Å². The van der Waals surface area contributed by atoms with Gasteiger partial charge in [0.15, 0.2) is 0 Å². The van der Waals surface area contributed by atoms with Crippen molar-refractivity contribution in [2.75, 3.05) is 6.54 Å². The highest BCUT2D eigenvalue weighted by Gasteiger charge is 2.21. The van der Waals surface area contributed by atoms with E-state index < -0.39 is 0 Å². The Morgan fingerprint density at radius 2 is 1.86 bits per heavy atom. The van der Waals surface area contributed by atoms with Crippen molar-refractivity contribution in [1.82, 2.24) is 15.1 Å². The summed E-state index contributed by atoms with van der Waals surface area (Å²) in [6.45, 7) is 1.06. The summed E-state index contributed by atoms with van der Waals surface area (Å²) in [5.41, 5.74) is 2.83. The second-order valence-corrected chi connectivity index (χ2v) is 6.11. The first-order valence-electron chi connectivity index (χ1n) is 8.08. The van der Waals surface area contributed by atoms with E-state index in [1.165, 1.54) is 36.9 Å². The summed E-state index contributed by atoms with van der Waals surface area (Å²) in [6, 6.07) is 13.8. The molecule has 1 aliphatic carbocycles. The van der Waals surface area contributed by atoms with Gasteiger partial charge in [-0.25, -0.2) is 0 Å². The van der Waals surface area contributed by atoms with Crippen LogP contribution in [0.5, 0.6) is 0 Å². The molecule has 2 aromatic rings. The SMILES string of the molecule is Cn1nccc1CCNC1CCC(c2ccccc2)CC1. The van der Waals surface area contributed by atoms with Crippen LogP contribution in [0.25, 0.3) is 0 Å². The first-order valence-corrected chi connectivity index (χ1v) is 8.08. The molecule has 0 bridgehead atoms. The zero-order chi connectivity index (χ0) is 14.5. The molecule has 1 aromatic carbocycles. The quantitative estimate of drug-likeness (QED) is 0.912. The molecule has 1 saturated carbocycles. The summed E-state index contributed by atoms with van der Waals surface area (Å²) >= 11 is 0. The van der Waals surface area contributed by atoms with Crippen molar-refractivity contribution in [1.29, 1.82) is 0 Å². The van der Waals surface area contributed by atoms with Crippen LogP contribution in [0, 0.1) is 0 Å². The van der Waals surface area contributed by atoms with Gasteiger partial charge in [-0.2, -0.15) is 5.10 Å². The van der Waals surface area contributed by atoms with Gasteiger partial charge in [0.05, 0.1) is 0 Å². The van der Waals surface area contributed by atoms with Gasteiger partial charge in [0, 0.05) is 37.9 Å². The Morgan fingerprint density at radius 3 is 2.52 bits per heavy atom. The molecular formula is C18H25N3. The molecular weight excluding hydrogens is 258 g/mol. The molecule has 0 saturated heterocycles. The highest BCUT2D eigenvalue weighted by molar-refractivity contribution is 5.20. The van der Waals surface area contributed by atoms with E-state index in [4.69, 9.17) is 0 Å². The Hall–Kier alpha value is -1.61. The minimum Gasteiger partial charge on any atom is -0.314 e. The van der Waals surface area contributed by atoms with Gasteiger partial charge in [-0.1, -0.05) is 30.3 Å². The average molecular weight is 283 g/mol. The third kappa shape index (κ3) is 3.73. The molecule has 3 heteroatoms. The molecule has 1 heterocycles. The fourth-order valence-corrected chi connectivity index (χ4v) is 3.41. The highest BCUT2D eigenvalue weighted by Crippen LogP contribution is 2.32. The summed E-state index contributed by atoms with van der Waals surface area (Å²) < 4.78 is 1.97. The molecule has 0 radical (unpaired) electrons. The second kappa shape index (κ2) is 6.90. The number of aryl methyl sites for hydroxylation is 1. The fraction of sp³-hybridized carbons (Fsp3) is 0.500. The molecule has 0 atom stereocenters. The van der Waals surface area contributed by atoms with E-state index in [0.29, 0.717) is 6.04 Å². The number of aromatic nitrogens is 2. The van der Waals surface area contributed by atoms with Gasteiger partial charge >= 0.3 is 0 Å². The smallest absolute Gasteiger partial charge is 0.0492 e. The summed E-state index contributed by atoms with van der Waals surface area (Å²) in [7, 11) is 2.01. The van der Waals surface area contributed by atoms with Gasteiger partial charge in [0.1, 0.15) is 0 Å². The predicted molar refractivity (Wildman–Crippen MR) is 86.4 cm³/mol. The molecule has 0 spiro atoms. The van der Waals surface area contributed by atoms with Crippen molar-refractivity contribution < 1.29 is 0 Å². The maximum atomic E-state index is 4.21. The summed E-state index contributed by atoms with van der Waals surface area (Å²) in [5.74, 6) is 0.765. The molecule has 0 aliphatic heterocycles. The van der Waals surface area contributed by atoms with Crippen LogP contribution in [0.1, 0.15) is 42.9 Å². The van der Waals surface area contributed by atoms with E-state index in [0.717, 1.165) is 18.9 Å². The Balaban J connectivity index is 1.41. The molecule has 21 heavy (non-hydrogen) atoms. The molecule has 0 amide bonds. The van der Waals surface area contributed by atoms with E-state index in [-0.39, 0.29) is 0 Å². The lowest BCUT2D eigenvalue weighted by Crippen LogP contribution is -2.34. The first kappa shape index (κ1) is 14.3. The van der Waals surface area contributed by atoms with Crippen molar-refractivity contribution in [3.8, 4) is 0 Å². The first-order chi connectivity index (χ1) is 10.3. The Morgan fingerprint density at radius 1 is 1.10 bits per heavy atom. The van der Waals surface area contributed by atoms with E-state index in [1.54, 1.807) is 0 Å². The molecule has 1 aliphatic rings. The minimum absolute atomic E-state index is 0.693. The van der Waals surface area contributed by atoms with Gasteiger partial charge in [-0.15, -0.1) is 0 Å². The molecule has 1 N–H and O–H groups in total. The number of nitrogens with zero attached hydrogens (tertiary/aromatic N) is 2. The van der Waals surface area contributed by atoms with Crippen LogP contribution in [-0.4, -0.2) is 22.4 Å². The van der Waals surface area contributed by atoms with Crippen molar-refractivity contribution in [3.05, 3.63) is 53.9 Å². The van der Waals surface area contributed by atoms with E-state index in [2.05, 4.69) is 46.8 Å². The van der Waals surface area contributed by atoms with Gasteiger partial charge in [0.2, 0.25) is 0 Å². The zero-order valence-electron chi connectivity index (χ0n) is 12.8. The van der Waals surface area contributed by atoms with Crippen LogP contribution in [0.3, 0.4) is 0 Å². The van der Waals surface area contributed by atoms with Crippen molar-refractivity contribution in [3.63, 3.8) is 0 Å². The van der Waals surface area contributed by atoms with Gasteiger partial charge in [-0.3, -0.25) is 4.68 Å². The predicted octanol–water partition coefficient (Wildman–Crippen LogP) is 3.28. The number of hydrogen-bond acceptors (Lipinski definition) is 2. The third-order valence-electron chi connectivity index (χ3n) is 4.73. The second-order valence-electron chi connectivity index (χ2n) is 6.11. The van der Waals surface area contributed by atoms with Crippen LogP contribution in [-0.2, 0) is 13.5 Å². The van der Waals surface area contributed by atoms with Crippen LogP contribution in [0.2, 0.25) is 0 Å². The van der Waals surface area contributed by atoms with Crippen LogP contribution >= 0.6 is 0 Å². The molecule has 1 fully saturated rings. The van der Waals surface area contributed by atoms with E-state index >= 15 is 0 Å². The fourth-order valence-electron chi connectivity index (χ4n) is 3.41. The number of rotatable bonds is 5. The lowest BCUT2D eigenvalue weighted by molar-refractivity contribution is 0.343. The van der Waals surface area contributed by atoms with Crippen molar-refractivity contribution in [2.24, 2.45) is 7.05 Å². The van der Waals surface area contributed by atoms with Gasteiger partial charge < -0.3 is 5.32 Å². The Labute approximate surface area is 127 Å². The monoisotopic (exact) mass is 283 g/mol. The standard InChI is InChI=1S/C18H25N3/c1-21-18(12-14-20-21)11-13-19-17-9-7-16(8-10-17)15-5-3-2-4-6-15/h2-6,12,14,16-17,19H,7-11,13H2,1H3. The number of nitrogens with one attached hydrogen (secondary N) is 1. The van der Waals surface area contributed by atoms with Crippen LogP contribution in [0.15, 0.2) is 42.6 Å². The zero-order valence-corrected chi connectivity index (χ0v) is 12.8. The topological polar surface area (TPSA) is 29.9 Å². The molecule has 112 valence electrons. The Bertz CT molecular complexity index is 539. The molecule has 3 nitrogen and oxygen atoms in total. The van der Waals surface area contributed by atoms with Crippen molar-refractivity contribution >= 4 is 0 Å². The number of benzene rings is 1. The van der Waals surface area contributed by atoms with E-state index in [9.17, 15) is 0 Å². The molecule has 0 unspecified atom stereocenters. The molecule has 3 rings (SSSR count). The normalized spacial score (nSPS) is 22.3. The van der Waals surface area contributed by atoms with Crippen LogP contribution in [0.4, 0.5) is 0 Å². The lowest BCUT2D eigenvalue weighted by Gasteiger charge is -2.29. The van der Waals surface area contributed by atoms with Crippen LogP contribution < -0.4 is 5.32 Å². The Kier molecular flexibility index (Phi) is 4.71. The minimum atomic E-state index is 0.693. The summed E-state index contributed by atoms with van der Waals surface area (Å²) in [4.78, 5) is 0. The van der Waals surface area contributed by atoms with Crippen molar-refractivity contribution in [2.45, 2.75) is 44.1 Å². The molecule has 1 aromatic heterocycles. The lowest BCUT2D eigenvalue weighted by atomic mass is 9.82. The maximum absolute atomic E-state index is 4.21.